The Morgan fingerprint density at radius 2 is 1.88 bits per heavy atom. The Hall–Kier alpha value is -0.780. The Morgan fingerprint density at radius 3 is 2.44 bits per heavy atom. The Kier molecular flexibility index (Phi) is 7.97. The number of hydrogen-bond donors (Lipinski definition) is 2. The Bertz CT molecular complexity index is 195. The maximum Gasteiger partial charge on any atom is 0.405 e. The van der Waals surface area contributed by atoms with Crippen molar-refractivity contribution in [3.8, 4) is 0 Å². The number of carbonyl (C=O) groups excluding carboxylic acids is 1. The van der Waals surface area contributed by atoms with Crippen molar-refractivity contribution >= 4 is 5.91 Å². The first-order valence-corrected chi connectivity index (χ1v) is 5.50. The van der Waals surface area contributed by atoms with Crippen molar-refractivity contribution in [2.75, 3.05) is 19.6 Å². The lowest BCUT2D eigenvalue weighted by Crippen LogP contribution is -2.39. The fourth-order valence-corrected chi connectivity index (χ4v) is 1.14. The van der Waals surface area contributed by atoms with Crippen LogP contribution in [-0.2, 0) is 4.79 Å². The van der Waals surface area contributed by atoms with E-state index < -0.39 is 18.6 Å². The average Bonchev–Trinajstić information content (AvgIpc) is 2.19. The molecule has 0 aliphatic heterocycles. The number of carbonyl (C=O) groups is 1. The van der Waals surface area contributed by atoms with Crippen LogP contribution in [0.1, 0.15) is 32.6 Å². The lowest BCUT2D eigenvalue weighted by atomic mass is 10.2. The summed E-state index contributed by atoms with van der Waals surface area (Å²) in [5.41, 5.74) is 0. The second kappa shape index (κ2) is 8.38. The minimum atomic E-state index is -4.34. The van der Waals surface area contributed by atoms with Gasteiger partial charge in [-0.05, 0) is 13.0 Å². The van der Waals surface area contributed by atoms with Crippen LogP contribution in [0.15, 0.2) is 0 Å². The van der Waals surface area contributed by atoms with Gasteiger partial charge in [0.25, 0.3) is 0 Å². The molecule has 0 fully saturated rings. The maximum absolute atomic E-state index is 11.7. The zero-order valence-electron chi connectivity index (χ0n) is 9.49. The van der Waals surface area contributed by atoms with Crippen molar-refractivity contribution in [1.82, 2.24) is 10.6 Å². The van der Waals surface area contributed by atoms with E-state index in [1.807, 2.05) is 0 Å². The third-order valence-corrected chi connectivity index (χ3v) is 1.98. The number of alkyl halides is 3. The fourth-order valence-electron chi connectivity index (χ4n) is 1.14. The summed E-state index contributed by atoms with van der Waals surface area (Å²) in [5.74, 6) is -0.618. The molecular formula is C10H19F3N2O. The van der Waals surface area contributed by atoms with Gasteiger partial charge < -0.3 is 10.6 Å². The summed E-state index contributed by atoms with van der Waals surface area (Å²) in [6.07, 6.45) is -0.0428. The van der Waals surface area contributed by atoms with Crippen molar-refractivity contribution < 1.29 is 18.0 Å². The number of unbranched alkanes of at least 4 members (excludes halogenated alkanes) is 3. The van der Waals surface area contributed by atoms with Crippen LogP contribution in [0.25, 0.3) is 0 Å². The van der Waals surface area contributed by atoms with Gasteiger partial charge >= 0.3 is 6.18 Å². The Morgan fingerprint density at radius 1 is 1.19 bits per heavy atom. The number of nitrogens with one attached hydrogen (secondary N) is 2. The molecule has 0 radical (unpaired) electrons. The van der Waals surface area contributed by atoms with Crippen molar-refractivity contribution in [3.05, 3.63) is 0 Å². The highest BCUT2D eigenvalue weighted by Crippen LogP contribution is 2.11. The summed E-state index contributed by atoms with van der Waals surface area (Å²) >= 11 is 0. The third-order valence-electron chi connectivity index (χ3n) is 1.98. The van der Waals surface area contributed by atoms with Crippen LogP contribution in [0.2, 0.25) is 0 Å². The van der Waals surface area contributed by atoms with Gasteiger partial charge in [-0.1, -0.05) is 26.2 Å². The molecule has 0 saturated carbocycles. The number of hydrogen-bond acceptors (Lipinski definition) is 2. The average molecular weight is 240 g/mol. The van der Waals surface area contributed by atoms with E-state index in [1.54, 1.807) is 5.32 Å². The highest BCUT2D eigenvalue weighted by atomic mass is 19.4. The molecule has 96 valence electrons. The van der Waals surface area contributed by atoms with Crippen LogP contribution >= 0.6 is 0 Å². The van der Waals surface area contributed by atoms with E-state index in [9.17, 15) is 18.0 Å². The first-order chi connectivity index (χ1) is 7.45. The minimum absolute atomic E-state index is 0.0534. The van der Waals surface area contributed by atoms with Crippen LogP contribution in [0.4, 0.5) is 13.2 Å². The van der Waals surface area contributed by atoms with Gasteiger partial charge in [0.05, 0.1) is 6.54 Å². The molecule has 0 unspecified atom stereocenters. The van der Waals surface area contributed by atoms with Gasteiger partial charge in [-0.15, -0.1) is 0 Å². The molecule has 2 N–H and O–H groups in total. The van der Waals surface area contributed by atoms with Gasteiger partial charge in [0.15, 0.2) is 0 Å². The largest absolute Gasteiger partial charge is 0.405 e. The van der Waals surface area contributed by atoms with Gasteiger partial charge in [-0.3, -0.25) is 4.79 Å². The van der Waals surface area contributed by atoms with E-state index in [0.717, 1.165) is 25.7 Å². The molecule has 1 amide bonds. The number of rotatable bonds is 8. The van der Waals surface area contributed by atoms with Gasteiger partial charge in [0.2, 0.25) is 5.91 Å². The van der Waals surface area contributed by atoms with E-state index in [0.29, 0.717) is 6.54 Å². The monoisotopic (exact) mass is 240 g/mol. The molecule has 0 aliphatic rings. The summed E-state index contributed by atoms with van der Waals surface area (Å²) in [6, 6.07) is 0. The normalized spacial score (nSPS) is 11.5. The lowest BCUT2D eigenvalue weighted by Gasteiger charge is -2.08. The van der Waals surface area contributed by atoms with Crippen molar-refractivity contribution in [2.24, 2.45) is 0 Å². The van der Waals surface area contributed by atoms with Crippen molar-refractivity contribution in [1.29, 1.82) is 0 Å². The SMILES string of the molecule is CCCCCCNCC(=O)NCC(F)(F)F. The van der Waals surface area contributed by atoms with Crippen LogP contribution in [-0.4, -0.2) is 31.7 Å². The van der Waals surface area contributed by atoms with Gasteiger partial charge in [0.1, 0.15) is 6.54 Å². The molecule has 6 heteroatoms. The Labute approximate surface area is 93.8 Å². The molecule has 0 aromatic rings. The van der Waals surface area contributed by atoms with Crippen LogP contribution in [0, 0.1) is 0 Å². The quantitative estimate of drug-likeness (QED) is 0.635. The molecule has 0 rings (SSSR count). The minimum Gasteiger partial charge on any atom is -0.346 e. The molecule has 0 aromatic carbocycles. The number of halogens is 3. The zero-order chi connectivity index (χ0) is 12.4. The van der Waals surface area contributed by atoms with E-state index in [4.69, 9.17) is 0 Å². The second-order valence-corrected chi connectivity index (χ2v) is 3.63. The molecule has 0 aliphatic carbocycles. The Balaban J connectivity index is 3.31. The molecule has 3 nitrogen and oxygen atoms in total. The summed E-state index contributed by atoms with van der Waals surface area (Å²) in [5, 5.41) is 4.60. The topological polar surface area (TPSA) is 41.1 Å². The highest BCUT2D eigenvalue weighted by Gasteiger charge is 2.27. The van der Waals surface area contributed by atoms with E-state index in [2.05, 4.69) is 12.2 Å². The van der Waals surface area contributed by atoms with Crippen LogP contribution in [0.5, 0.6) is 0 Å². The van der Waals surface area contributed by atoms with Gasteiger partial charge in [-0.2, -0.15) is 13.2 Å². The maximum atomic E-state index is 11.7. The smallest absolute Gasteiger partial charge is 0.346 e. The van der Waals surface area contributed by atoms with Crippen molar-refractivity contribution in [3.63, 3.8) is 0 Å². The fraction of sp³-hybridized carbons (Fsp3) is 0.900. The molecule has 0 spiro atoms. The lowest BCUT2D eigenvalue weighted by molar-refractivity contribution is -0.137. The van der Waals surface area contributed by atoms with E-state index >= 15 is 0 Å². The van der Waals surface area contributed by atoms with Gasteiger partial charge in [0, 0.05) is 0 Å². The molecule has 0 atom stereocenters. The predicted octanol–water partition coefficient (Wildman–Crippen LogP) is 1.83. The standard InChI is InChI=1S/C10H19F3N2O/c1-2-3-4-5-6-14-7-9(16)15-8-10(11,12)13/h14H,2-8H2,1H3,(H,15,16). The second-order valence-electron chi connectivity index (χ2n) is 3.63. The molecular weight excluding hydrogens is 221 g/mol. The van der Waals surface area contributed by atoms with E-state index in [1.165, 1.54) is 0 Å². The highest BCUT2D eigenvalue weighted by molar-refractivity contribution is 5.77. The summed E-state index contributed by atoms with van der Waals surface area (Å²) in [6.45, 7) is 1.45. The summed E-state index contributed by atoms with van der Waals surface area (Å²) < 4.78 is 35.1. The van der Waals surface area contributed by atoms with Crippen molar-refractivity contribution in [2.45, 2.75) is 38.8 Å². The molecule has 16 heavy (non-hydrogen) atoms. The van der Waals surface area contributed by atoms with E-state index in [-0.39, 0.29) is 6.54 Å². The first-order valence-electron chi connectivity index (χ1n) is 5.50. The summed E-state index contributed by atoms with van der Waals surface area (Å²) in [4.78, 5) is 10.9. The molecule has 0 heterocycles. The predicted molar refractivity (Wildman–Crippen MR) is 56.1 cm³/mol. The summed E-state index contributed by atoms with van der Waals surface area (Å²) in [7, 11) is 0. The first kappa shape index (κ1) is 15.2. The van der Waals surface area contributed by atoms with Gasteiger partial charge in [-0.25, -0.2) is 0 Å². The van der Waals surface area contributed by atoms with Crippen LogP contribution < -0.4 is 10.6 Å². The molecule has 0 bridgehead atoms. The molecule has 0 aromatic heterocycles. The third kappa shape index (κ3) is 11.3. The van der Waals surface area contributed by atoms with Crippen LogP contribution in [0.3, 0.4) is 0 Å². The number of amides is 1. The molecule has 0 saturated heterocycles. The zero-order valence-corrected chi connectivity index (χ0v) is 9.49.